The molecule has 10 aromatic rings. The van der Waals surface area contributed by atoms with E-state index in [-0.39, 0.29) is 154 Å². The van der Waals surface area contributed by atoms with Crippen LogP contribution in [0.5, 0.6) is 0 Å². The first-order valence-electron chi connectivity index (χ1n) is 45.8. The third-order valence-electron chi connectivity index (χ3n) is 26.0. The first kappa shape index (κ1) is 105. The number of fused-ring (bicyclic) bond motifs is 5. The Kier molecular flexibility index (Phi) is 34.9. The van der Waals surface area contributed by atoms with Gasteiger partial charge in [-0.15, -0.1) is 0 Å². The minimum atomic E-state index is -3.50. The summed E-state index contributed by atoms with van der Waals surface area (Å²) in [5.41, 5.74) is 7.59. The van der Waals surface area contributed by atoms with Crippen LogP contribution in [0, 0.1) is 17.8 Å². The molecule has 18 rings (SSSR count). The second kappa shape index (κ2) is 45.3. The Morgan fingerprint density at radius 1 is 0.382 bits per heavy atom. The Hall–Kier alpha value is -13.4. The van der Waals surface area contributed by atoms with Gasteiger partial charge in [0.15, 0.2) is 11.6 Å². The smallest absolute Gasteiger partial charge is 0.341 e. The van der Waals surface area contributed by atoms with Gasteiger partial charge in [0.25, 0.3) is 0 Å². The number of piperidine rings is 5. The molecule has 5 aliphatic heterocycles. The van der Waals surface area contributed by atoms with Crippen molar-refractivity contribution in [3.8, 4) is 0 Å². The lowest BCUT2D eigenvalue weighted by molar-refractivity contribution is -0.130. The second-order valence-electron chi connectivity index (χ2n) is 37.1. The van der Waals surface area contributed by atoms with Gasteiger partial charge in [-0.2, -0.15) is 8.78 Å². The zero-order valence-electron chi connectivity index (χ0n) is 76.6. The van der Waals surface area contributed by atoms with Crippen LogP contribution in [0.15, 0.2) is 138 Å². The van der Waals surface area contributed by atoms with Gasteiger partial charge >= 0.3 is 11.9 Å². The maximum Gasteiger partial charge on any atom is 0.341 e. The molecule has 10 aromatic heterocycles. The van der Waals surface area contributed by atoms with Crippen molar-refractivity contribution < 1.29 is 56.7 Å². The Morgan fingerprint density at radius 2 is 0.676 bits per heavy atom. The van der Waals surface area contributed by atoms with Crippen molar-refractivity contribution in [3.63, 3.8) is 0 Å². The molecule has 0 bridgehead atoms. The third-order valence-corrected chi connectivity index (χ3v) is 26.0. The number of Topliss-reactive ketones (excluding diaryl/α,β-unsaturated/α-hetero) is 3. The number of pyridine rings is 2. The summed E-state index contributed by atoms with van der Waals surface area (Å²) in [6, 6.07) is 5.27. The minimum Gasteiger partial charge on any atom is -0.456 e. The third kappa shape index (κ3) is 24.7. The number of rotatable bonds is 24. The van der Waals surface area contributed by atoms with Gasteiger partial charge in [-0.3, -0.25) is 38.4 Å². The average molecular weight is 1870 g/mol. The number of amides is 5. The summed E-state index contributed by atoms with van der Waals surface area (Å²) in [7, 11) is 0. The number of anilines is 5. The monoisotopic (exact) mass is 1870 g/mol. The van der Waals surface area contributed by atoms with Gasteiger partial charge in [-0.05, 0) is 219 Å². The SMILES string of the molecule is C.C.C.C.C=CC(=O)N1C[C@H](Nc2ccnc3[nH]cc(C(=O)C4CC4)c23)CC[C@@H]1C.C=CC(=O)N1C[C@H](Nc2ccnc3[nH]cc(CC4CC4)c23)CC[C@@H]1C.C=CC(=O)N1C[C@H](Nc2ncnc3[nH]cc(C(=O)C(C)(F)F)c23)CC[C@@H]1C.C=CC(=O)N1C[C@H](Nc2ncnc3[nH]cc(C(=O)C4CC4)c23)CC[C@@H]1C.C=CC(=O)N1C[C@H](Nc2ncnc3[nH]cc(C(=O)OC(C)(C)C)c23)CC[C@@H]1C. The number of carbonyl (C=O) groups is 9. The van der Waals surface area contributed by atoms with Crippen LogP contribution in [-0.4, -0.2) is 247 Å². The van der Waals surface area contributed by atoms with Crippen LogP contribution in [0.4, 0.5) is 37.6 Å². The van der Waals surface area contributed by atoms with Crippen LogP contribution in [-0.2, 0) is 35.1 Å². The lowest BCUT2D eigenvalue weighted by atomic mass is 9.98. The van der Waals surface area contributed by atoms with E-state index in [1.165, 1.54) is 79.4 Å². The molecule has 136 heavy (non-hydrogen) atoms. The van der Waals surface area contributed by atoms with Crippen LogP contribution in [0.25, 0.3) is 55.2 Å². The van der Waals surface area contributed by atoms with E-state index in [0.717, 1.165) is 148 Å². The van der Waals surface area contributed by atoms with E-state index >= 15 is 0 Å². The summed E-state index contributed by atoms with van der Waals surface area (Å²) in [6.45, 7) is 37.1. The topological polar surface area (TPSA) is 421 Å². The highest BCUT2D eigenvalue weighted by atomic mass is 19.3. The molecule has 0 unspecified atom stereocenters. The number of likely N-dealkylation sites (tertiary alicyclic amines) is 5. The number of ketones is 3. The molecular weight excluding hydrogens is 1730 g/mol. The highest BCUT2D eigenvalue weighted by Gasteiger charge is 2.41. The van der Waals surface area contributed by atoms with Crippen molar-refractivity contribution in [3.05, 3.63) is 166 Å². The minimum absolute atomic E-state index is 0. The van der Waals surface area contributed by atoms with Crippen LogP contribution >= 0.6 is 0 Å². The van der Waals surface area contributed by atoms with Crippen LogP contribution in [0.2, 0.25) is 0 Å². The van der Waals surface area contributed by atoms with Gasteiger partial charge in [0.05, 0.1) is 32.7 Å². The fourth-order valence-corrected chi connectivity index (χ4v) is 18.1. The molecule has 8 fully saturated rings. The largest absolute Gasteiger partial charge is 0.456 e. The number of nitrogens with zero attached hydrogens (tertiary/aromatic N) is 13. The quantitative estimate of drug-likeness (QED) is 0.0153. The summed E-state index contributed by atoms with van der Waals surface area (Å²) in [5.74, 6) is -2.54. The molecule has 0 radical (unpaired) electrons. The zero-order chi connectivity index (χ0) is 94.1. The molecular formula is C101H137F2N23O10. The Bertz CT molecular complexity index is 5840. The summed E-state index contributed by atoms with van der Waals surface area (Å²) >= 11 is 0. The molecule has 8 aliphatic rings. The van der Waals surface area contributed by atoms with Gasteiger partial charge in [0.1, 0.15) is 70.3 Å². The number of hydrogen-bond acceptors (Lipinski definition) is 23. The Morgan fingerprint density at radius 3 is 1.01 bits per heavy atom. The maximum absolute atomic E-state index is 13.5. The van der Waals surface area contributed by atoms with Gasteiger partial charge < -0.3 is 80.7 Å². The van der Waals surface area contributed by atoms with E-state index in [2.05, 4.69) is 157 Å². The van der Waals surface area contributed by atoms with Crippen molar-refractivity contribution in [1.82, 2.24) is 89.3 Å². The van der Waals surface area contributed by atoms with Crippen molar-refractivity contribution in [2.75, 3.05) is 59.3 Å². The number of hydrogen-bond donors (Lipinski definition) is 10. The molecule has 0 spiro atoms. The highest BCUT2D eigenvalue weighted by molar-refractivity contribution is 6.15. The number of esters is 1. The predicted octanol–water partition coefficient (Wildman–Crippen LogP) is 17.4. The predicted molar refractivity (Wildman–Crippen MR) is 532 cm³/mol. The summed E-state index contributed by atoms with van der Waals surface area (Å²) < 4.78 is 32.6. The molecule has 5 saturated heterocycles. The van der Waals surface area contributed by atoms with E-state index in [1.54, 1.807) is 34.6 Å². The Balaban J connectivity index is 0.000000174. The highest BCUT2D eigenvalue weighted by Crippen LogP contribution is 2.42. The standard InChI is InChI=1S/C20H27N5O3.C20H24N4O2.C20H26N4O.C19H23N5O2.C18H21F2N5O2.4CH4/c1-6-15(26)25-10-13(8-7-12(25)2)24-18-16-14(19(27)28-20(3,4)5)9-21-17(16)22-11-23-18;1-3-17(25)24-11-14(7-4-12(24)2)23-16-8-9-21-20-18(16)15(10-22-20)19(26)13-5-6-13;1-3-18(25)24-12-16(7-4-13(24)2)23-17-8-9-21-20-19(17)15(11-22-20)10-14-5-6-14;1-3-15(25)24-9-13(7-4-11(24)2)23-19-16-14(17(26)12-5-6-12)8-20-18(16)21-10-22-19;1-4-13(26)25-8-11(6-5-10(25)2)24-17-14-12(15(27)18(3,19)20)7-21-16(14)22-9-23-17;;;;/h6,9,11-13H,1,7-8,10H2,2-5H3,(H2,21,22,23,24);3,8-10,12-14H,1,4-7,11H2,2H3,(H2,21,22,23);3,8-9,11,13-14,16H,1,4-7,10,12H2,2H3,(H2,21,22,23);3,8,10-13H,1,4-7,9H2,2H3,(H2,20,21,22,23);4,7,9-11H,1,5-6,8H2,2-3H3,(H2,21,22,23,24);4*1H4/t12-,13+;12-,14+;13-,16+;11-,13+;10-,11+;;;;/m00000..../s1. The molecule has 5 amide bonds. The molecule has 730 valence electrons. The second-order valence-corrected chi connectivity index (χ2v) is 37.1. The molecule has 0 aromatic carbocycles. The number of halogens is 2. The molecule has 3 aliphatic carbocycles. The number of nitrogens with one attached hydrogen (secondary N) is 10. The molecule has 10 atom stereocenters. The lowest BCUT2D eigenvalue weighted by Crippen LogP contribution is -2.49. The molecule has 35 heteroatoms. The number of aromatic nitrogens is 13. The molecule has 33 nitrogen and oxygen atoms in total. The van der Waals surface area contributed by atoms with E-state index in [1.807, 2.05) is 61.6 Å². The number of alkyl halides is 2. The van der Waals surface area contributed by atoms with E-state index in [4.69, 9.17) is 4.74 Å². The number of ether oxygens (including phenoxy) is 1. The van der Waals surface area contributed by atoms with Crippen molar-refractivity contribution in [1.29, 1.82) is 0 Å². The van der Waals surface area contributed by atoms with Gasteiger partial charge in [-0.1, -0.05) is 62.6 Å². The van der Waals surface area contributed by atoms with Crippen LogP contribution in [0.1, 0.15) is 242 Å². The first-order valence-corrected chi connectivity index (χ1v) is 45.8. The summed E-state index contributed by atoms with van der Waals surface area (Å²) in [5, 5.41) is 20.9. The number of carbonyl (C=O) groups excluding carboxylic acids is 9. The van der Waals surface area contributed by atoms with Crippen LogP contribution in [0.3, 0.4) is 0 Å². The fraction of sp³-hybridized carbons (Fsp3) is 0.495. The Labute approximate surface area is 794 Å². The van der Waals surface area contributed by atoms with Gasteiger partial charge in [0, 0.05) is 183 Å². The van der Waals surface area contributed by atoms with Gasteiger partial charge in [0.2, 0.25) is 35.3 Å². The van der Waals surface area contributed by atoms with E-state index in [0.29, 0.717) is 84.0 Å². The van der Waals surface area contributed by atoms with E-state index in [9.17, 15) is 51.9 Å². The van der Waals surface area contributed by atoms with Crippen molar-refractivity contribution >= 4 is 137 Å². The lowest BCUT2D eigenvalue weighted by Gasteiger charge is -2.38. The van der Waals surface area contributed by atoms with Gasteiger partial charge in [-0.25, -0.2) is 44.7 Å². The fourth-order valence-electron chi connectivity index (χ4n) is 18.1. The van der Waals surface area contributed by atoms with Crippen LogP contribution < -0.4 is 26.6 Å². The molecule has 10 N–H and O–H groups in total. The normalized spacial score (nSPS) is 21.4. The number of H-pyrrole nitrogens is 5. The summed E-state index contributed by atoms with van der Waals surface area (Å²) in [6.07, 6.45) is 39.8. The summed E-state index contributed by atoms with van der Waals surface area (Å²) in [4.78, 5) is 169. The molecule has 3 saturated carbocycles. The van der Waals surface area contributed by atoms with Crippen molar-refractivity contribution in [2.24, 2.45) is 17.8 Å². The first-order chi connectivity index (χ1) is 63.2. The average Bonchev–Trinajstić information content (AvgIpc) is 1.62. The maximum atomic E-state index is 13.5. The van der Waals surface area contributed by atoms with Crippen molar-refractivity contribution in [2.45, 2.75) is 273 Å². The number of aromatic amines is 5. The van der Waals surface area contributed by atoms with E-state index < -0.39 is 23.3 Å². The zero-order valence-corrected chi connectivity index (χ0v) is 76.6. The molecule has 15 heterocycles.